The first-order valence-electron chi connectivity index (χ1n) is 22.3. The van der Waals surface area contributed by atoms with Crippen molar-refractivity contribution in [3.05, 3.63) is 71.4 Å². The van der Waals surface area contributed by atoms with Crippen molar-refractivity contribution in [3.63, 3.8) is 0 Å². The molecule has 3 unspecified atom stereocenters. The Labute approximate surface area is 361 Å². The van der Waals surface area contributed by atoms with Gasteiger partial charge in [0.05, 0.1) is 44.8 Å². The summed E-state index contributed by atoms with van der Waals surface area (Å²) in [6.45, 7) is 2.35. The SMILES string of the molecule is COC(=O)CC(C(=O)N1[C@@H]2C[C@@H]2C[C@H]1C1=NC=C(c2ccc3cc(C#Cc4cnc(C5C[C@H]6C[C@H]6N5C(=O)C(NC(=O)OC)C5CCOCC5)[nH]4)ccc3c2)C1)C1CCOCC1. The highest BCUT2D eigenvalue weighted by molar-refractivity contribution is 6.04. The zero-order valence-corrected chi connectivity index (χ0v) is 35.3. The van der Waals surface area contributed by atoms with Crippen LogP contribution in [0.15, 0.2) is 53.8 Å². The predicted molar refractivity (Wildman–Crippen MR) is 228 cm³/mol. The number of esters is 1. The van der Waals surface area contributed by atoms with Crippen molar-refractivity contribution in [2.24, 2.45) is 34.6 Å². The standard InChI is InChI=1S/C48H54N6O8/c1-59-43(55)24-37(28-9-13-61-14-10-28)46(56)53-39-20-33(39)22-41(53)38-19-35(25-49-38)32-7-6-30-17-27(3-5-31(30)18-32)4-8-36-26-50-45(51-36)42-23-34-21-40(34)54(42)47(57)44(52-48(58)60-2)29-11-15-62-16-12-29/h3,5-7,17-18,25-26,28-29,33-34,37,39-42,44H,9-16,19-24H2,1-2H3,(H,50,51)(H,52,58)/t33-,34-,37?,39-,40-,41+,42?,44?/m1/s1. The lowest BCUT2D eigenvalue weighted by Crippen LogP contribution is -2.54. The molecule has 4 saturated heterocycles. The van der Waals surface area contributed by atoms with Crippen LogP contribution in [0.3, 0.4) is 0 Å². The molecule has 6 heterocycles. The Morgan fingerprint density at radius 2 is 1.50 bits per heavy atom. The van der Waals surface area contributed by atoms with E-state index in [1.54, 1.807) is 6.20 Å². The van der Waals surface area contributed by atoms with E-state index < -0.39 is 18.1 Å². The van der Waals surface area contributed by atoms with Gasteiger partial charge in [-0.15, -0.1) is 0 Å². The molecule has 2 N–H and O–H groups in total. The minimum absolute atomic E-state index is 0.0261. The summed E-state index contributed by atoms with van der Waals surface area (Å²) in [4.78, 5) is 70.3. The van der Waals surface area contributed by atoms with E-state index in [9.17, 15) is 19.2 Å². The molecule has 62 heavy (non-hydrogen) atoms. The van der Waals surface area contributed by atoms with E-state index in [0.29, 0.717) is 69.0 Å². The molecule has 324 valence electrons. The van der Waals surface area contributed by atoms with Gasteiger partial charge in [0.15, 0.2) is 0 Å². The molecular formula is C48H54N6O8. The summed E-state index contributed by atoms with van der Waals surface area (Å²) >= 11 is 0. The third-order valence-electron chi connectivity index (χ3n) is 14.6. The Hall–Kier alpha value is -5.52. The lowest BCUT2D eigenvalue weighted by Gasteiger charge is -2.35. The van der Waals surface area contributed by atoms with Crippen molar-refractivity contribution in [1.82, 2.24) is 25.1 Å². The Bertz CT molecular complexity index is 2390. The highest BCUT2D eigenvalue weighted by atomic mass is 16.5. The van der Waals surface area contributed by atoms with E-state index >= 15 is 0 Å². The molecule has 7 aliphatic rings. The zero-order chi connectivity index (χ0) is 42.5. The first kappa shape index (κ1) is 40.5. The van der Waals surface area contributed by atoms with Gasteiger partial charge >= 0.3 is 12.1 Å². The van der Waals surface area contributed by atoms with Crippen molar-refractivity contribution >= 4 is 45.9 Å². The number of aromatic nitrogens is 2. The summed E-state index contributed by atoms with van der Waals surface area (Å²) in [5.41, 5.74) is 4.79. The van der Waals surface area contributed by atoms with Crippen molar-refractivity contribution in [2.75, 3.05) is 40.6 Å². The van der Waals surface area contributed by atoms with Gasteiger partial charge < -0.3 is 39.0 Å². The van der Waals surface area contributed by atoms with Crippen LogP contribution in [0.2, 0.25) is 0 Å². The highest BCUT2D eigenvalue weighted by Gasteiger charge is 2.58. The molecule has 5 aliphatic heterocycles. The summed E-state index contributed by atoms with van der Waals surface area (Å²) in [7, 11) is 2.70. The number of allylic oxidation sites excluding steroid dienone is 1. The number of amides is 3. The number of hydrogen-bond donors (Lipinski definition) is 2. The van der Waals surface area contributed by atoms with E-state index in [4.69, 9.17) is 28.9 Å². The van der Waals surface area contributed by atoms with Gasteiger partial charge in [0.25, 0.3) is 0 Å². The number of benzene rings is 2. The first-order valence-corrected chi connectivity index (χ1v) is 22.3. The average Bonchev–Trinajstić information content (AvgIpc) is 3.90. The number of carbonyl (C=O) groups excluding carboxylic acids is 4. The molecule has 3 aromatic rings. The van der Waals surface area contributed by atoms with Crippen LogP contribution in [-0.4, -0.2) is 114 Å². The molecule has 8 atom stereocenters. The second kappa shape index (κ2) is 17.0. The second-order valence-corrected chi connectivity index (χ2v) is 18.2. The van der Waals surface area contributed by atoms with Gasteiger partial charge in [-0.25, -0.2) is 9.78 Å². The molecule has 2 aromatic carbocycles. The fourth-order valence-corrected chi connectivity index (χ4v) is 11.0. The van der Waals surface area contributed by atoms with Crippen LogP contribution in [0.4, 0.5) is 4.79 Å². The number of rotatable bonds is 10. The maximum Gasteiger partial charge on any atom is 0.407 e. The number of hydrogen-bond acceptors (Lipinski definition) is 10. The molecule has 3 amide bonds. The van der Waals surface area contributed by atoms with Gasteiger partial charge in [0.1, 0.15) is 17.6 Å². The predicted octanol–water partition coefficient (Wildman–Crippen LogP) is 5.56. The number of nitrogens with zero attached hydrogens (tertiary/aromatic N) is 4. The third-order valence-corrected chi connectivity index (χ3v) is 14.6. The number of fused-ring (bicyclic) bond motifs is 3. The van der Waals surface area contributed by atoms with E-state index in [-0.39, 0.29) is 60.2 Å². The number of H-pyrrole nitrogens is 1. The lowest BCUT2D eigenvalue weighted by atomic mass is 9.82. The summed E-state index contributed by atoms with van der Waals surface area (Å²) in [6.07, 6.45) is 10.5. The molecule has 14 nitrogen and oxygen atoms in total. The molecule has 14 heteroatoms. The number of piperidine rings is 2. The molecule has 10 rings (SSSR count). The van der Waals surface area contributed by atoms with Gasteiger partial charge in [-0.05, 0) is 121 Å². The van der Waals surface area contributed by atoms with E-state index in [1.165, 1.54) is 14.2 Å². The molecule has 2 saturated carbocycles. The minimum Gasteiger partial charge on any atom is -0.469 e. The quantitative estimate of drug-likeness (QED) is 0.197. The van der Waals surface area contributed by atoms with Crippen LogP contribution < -0.4 is 5.32 Å². The van der Waals surface area contributed by atoms with Crippen LogP contribution in [0.25, 0.3) is 16.3 Å². The molecule has 6 fully saturated rings. The van der Waals surface area contributed by atoms with Gasteiger partial charge in [0, 0.05) is 62.4 Å². The first-order chi connectivity index (χ1) is 30.3. The lowest BCUT2D eigenvalue weighted by molar-refractivity contribution is -0.150. The third kappa shape index (κ3) is 8.01. The molecule has 0 spiro atoms. The summed E-state index contributed by atoms with van der Waals surface area (Å²) in [6, 6.07) is 12.1. The van der Waals surface area contributed by atoms with Crippen LogP contribution in [0, 0.1) is 41.4 Å². The van der Waals surface area contributed by atoms with Crippen LogP contribution in [0.5, 0.6) is 0 Å². The summed E-state index contributed by atoms with van der Waals surface area (Å²) < 4.78 is 21.1. The molecule has 0 radical (unpaired) electrons. The number of nitrogens with one attached hydrogen (secondary N) is 2. The molecule has 0 bridgehead atoms. The fraction of sp³-hybridized carbons (Fsp3) is 0.542. The molecular weight excluding hydrogens is 789 g/mol. The van der Waals surface area contributed by atoms with Gasteiger partial charge in [0.2, 0.25) is 11.8 Å². The van der Waals surface area contributed by atoms with E-state index in [0.717, 1.165) is 71.7 Å². The highest BCUT2D eigenvalue weighted by Crippen LogP contribution is 2.54. The van der Waals surface area contributed by atoms with Crippen LogP contribution in [0.1, 0.15) is 92.9 Å². The maximum atomic E-state index is 14.3. The fourth-order valence-electron chi connectivity index (χ4n) is 11.0. The Balaban J connectivity index is 0.795. The molecule has 1 aromatic heterocycles. The molecule has 2 aliphatic carbocycles. The van der Waals surface area contributed by atoms with E-state index in [1.807, 2.05) is 17.2 Å². The van der Waals surface area contributed by atoms with Crippen molar-refractivity contribution < 1.29 is 38.1 Å². The number of methoxy groups -OCH3 is 2. The van der Waals surface area contributed by atoms with Crippen LogP contribution in [-0.2, 0) is 33.3 Å². The van der Waals surface area contributed by atoms with Gasteiger partial charge in [-0.3, -0.25) is 19.4 Å². The second-order valence-electron chi connectivity index (χ2n) is 18.2. The van der Waals surface area contributed by atoms with Crippen molar-refractivity contribution in [2.45, 2.75) is 94.4 Å². The number of aliphatic imine (C=N–C) groups is 1. The van der Waals surface area contributed by atoms with E-state index in [2.05, 4.69) is 57.4 Å². The number of imidazole rings is 1. The van der Waals surface area contributed by atoms with Crippen molar-refractivity contribution in [3.8, 4) is 11.8 Å². The number of ether oxygens (including phenoxy) is 4. The zero-order valence-electron chi connectivity index (χ0n) is 35.3. The topological polar surface area (TPSA) is 165 Å². The number of likely N-dealkylation sites (tertiary alicyclic amines) is 2. The van der Waals surface area contributed by atoms with Crippen LogP contribution >= 0.6 is 0 Å². The maximum absolute atomic E-state index is 14.3. The Morgan fingerprint density at radius 3 is 2.23 bits per heavy atom. The Morgan fingerprint density at radius 1 is 0.823 bits per heavy atom. The largest absolute Gasteiger partial charge is 0.469 e. The number of carbonyl (C=O) groups is 4. The smallest absolute Gasteiger partial charge is 0.407 e. The van der Waals surface area contributed by atoms with Gasteiger partial charge in [-0.1, -0.05) is 24.1 Å². The Kier molecular flexibility index (Phi) is 11.1. The van der Waals surface area contributed by atoms with Crippen molar-refractivity contribution in [1.29, 1.82) is 0 Å². The number of aromatic amines is 1. The number of alkyl carbamates (subject to hydrolysis) is 1. The normalized spacial score (nSPS) is 27.6. The summed E-state index contributed by atoms with van der Waals surface area (Å²) in [5.74, 6) is 7.49. The summed E-state index contributed by atoms with van der Waals surface area (Å²) in [5, 5.41) is 5.01. The van der Waals surface area contributed by atoms with Gasteiger partial charge in [-0.2, -0.15) is 0 Å². The monoisotopic (exact) mass is 842 g/mol. The minimum atomic E-state index is -0.681. The average molecular weight is 843 g/mol.